The van der Waals surface area contributed by atoms with Crippen LogP contribution in [0, 0.1) is 0 Å². The second-order valence-corrected chi connectivity index (χ2v) is 24.3. The average Bonchev–Trinajstić information content (AvgIpc) is 0.843. The molecule has 0 radical (unpaired) electrons. The molecule has 4 aliphatic heterocycles. The Bertz CT molecular complexity index is 4640. The SMILES string of the molecule is CN1C(=O)c2cccc3c(Br)ccc(c23)C1=O.CN1C(=O)c2cccc3c(NCCCn4cc[n+](C)c4)ccc(c23)C1=O.CN1C(=O)c2cccc3c(NCCCn4ccnc4)ccc(c23)C1=O.CS(=O)(=O)O[O-].O=C1OC(=O)c2ccc(Br)c3cccc1c23. The van der Waals surface area contributed by atoms with Gasteiger partial charge in [0, 0.05) is 146 Å². The van der Waals surface area contributed by atoms with Crippen molar-refractivity contribution in [2.45, 2.75) is 25.9 Å². The van der Waals surface area contributed by atoms with Gasteiger partial charge in [-0.2, -0.15) is 0 Å². The molecule has 0 spiro atoms. The normalized spacial score (nSPS) is 13.7. The number of esters is 2. The fraction of sp³-hybridized carbons (Fsp3) is 0.169. The first-order valence-corrected chi connectivity index (χ1v) is 31.2. The zero-order chi connectivity index (χ0) is 64.3. The zero-order valence-electron chi connectivity index (χ0n) is 48.9. The van der Waals surface area contributed by atoms with Crippen LogP contribution in [-0.4, -0.2) is 125 Å². The highest BCUT2D eigenvalue weighted by Gasteiger charge is 2.34. The van der Waals surface area contributed by atoms with E-state index in [1.807, 2.05) is 95.3 Å². The first-order valence-electron chi connectivity index (χ1n) is 27.8. The van der Waals surface area contributed by atoms with E-state index in [1.165, 1.54) is 30.9 Å². The standard InChI is InChI=1S/C20H20N4O2.C19H18N4O2.C13H8BrNO2.C12H5BrO3.CH4O4S/c1-22-11-12-24(13-22)10-4-9-21-17-8-7-16-18-14(17)5-3-6-15(18)19(25)23(2)20(16)26;1-22-18(24)14-5-2-4-13-16(7-6-15(17(13)14)19(22)25)21-8-3-10-23-11-9-20-12-23;1-15-12(16)8-4-2-3-7-10(14)6-5-9(11(7)8)13(15)17;13-9-5-4-8-10-6(9)2-1-3-7(10)11(14)16-12(8)15;1-6(3,4)5-2/h3,5-8,11-13H,4,9-10H2,1-2H3;2,4-7,9,11-12,21H,3,8,10H2,1H3;2-6H,1H3;1-5H;2H,1H3. The van der Waals surface area contributed by atoms with Crippen LogP contribution in [0.4, 0.5) is 11.4 Å². The molecule has 2 aromatic heterocycles. The average molecular weight is 1360 g/mol. The number of hydrogen-bond acceptors (Lipinski definition) is 16. The van der Waals surface area contributed by atoms with Crippen molar-refractivity contribution < 1.29 is 65.7 Å². The minimum Gasteiger partial charge on any atom is -0.707 e. The van der Waals surface area contributed by atoms with Crippen molar-refractivity contribution >= 4 is 144 Å². The van der Waals surface area contributed by atoms with Gasteiger partial charge in [0.15, 0.2) is 0 Å². The van der Waals surface area contributed by atoms with Crippen molar-refractivity contribution in [2.24, 2.45) is 7.05 Å². The summed E-state index contributed by atoms with van der Waals surface area (Å²) in [5, 5.41) is 22.2. The minimum atomic E-state index is -3.72. The number of imidazole rings is 2. The summed E-state index contributed by atoms with van der Waals surface area (Å²) in [6, 6.07) is 36.5. The number of nitrogens with one attached hydrogen (secondary N) is 2. The molecule has 0 unspecified atom stereocenters. The summed E-state index contributed by atoms with van der Waals surface area (Å²) in [5.41, 5.74) is 6.27. The lowest BCUT2D eigenvalue weighted by atomic mass is 9.93. The van der Waals surface area contributed by atoms with E-state index < -0.39 is 22.1 Å². The molecule has 2 N–H and O–H groups in total. The molecule has 22 nitrogen and oxygen atoms in total. The summed E-state index contributed by atoms with van der Waals surface area (Å²) in [4.78, 5) is 104. The van der Waals surface area contributed by atoms with Gasteiger partial charge in [0.2, 0.25) is 6.33 Å². The number of anilines is 2. The number of aromatic nitrogens is 4. The molecule has 0 bridgehead atoms. The molecule has 4 aliphatic rings. The summed E-state index contributed by atoms with van der Waals surface area (Å²) in [7, 11) is 2.85. The number of benzene rings is 8. The van der Waals surface area contributed by atoms with Crippen molar-refractivity contribution in [1.82, 2.24) is 28.8 Å². The molecular weight excluding hydrogens is 1310 g/mol. The van der Waals surface area contributed by atoms with Gasteiger partial charge in [-0.15, -0.1) is 0 Å². The van der Waals surface area contributed by atoms with Crippen LogP contribution in [0.2, 0.25) is 0 Å². The van der Waals surface area contributed by atoms with Gasteiger partial charge in [0.05, 0.1) is 37.3 Å². The summed E-state index contributed by atoms with van der Waals surface area (Å²) < 4.78 is 34.2. The van der Waals surface area contributed by atoms with Crippen LogP contribution in [0.15, 0.2) is 168 Å². The molecule has 458 valence electrons. The van der Waals surface area contributed by atoms with Crippen LogP contribution in [0.5, 0.6) is 0 Å². The largest absolute Gasteiger partial charge is 0.707 e. The quantitative estimate of drug-likeness (QED) is 0.0233. The van der Waals surface area contributed by atoms with Gasteiger partial charge in [-0.3, -0.25) is 43.5 Å². The number of amides is 6. The van der Waals surface area contributed by atoms with E-state index in [1.54, 1.807) is 67.1 Å². The molecule has 14 rings (SSSR count). The smallest absolute Gasteiger partial charge is 0.346 e. The maximum Gasteiger partial charge on any atom is 0.346 e. The van der Waals surface area contributed by atoms with Gasteiger partial charge in [-0.25, -0.2) is 32.1 Å². The highest BCUT2D eigenvalue weighted by atomic mass is 79.9. The first-order chi connectivity index (χ1) is 43.1. The fourth-order valence-corrected chi connectivity index (χ4v) is 11.8. The van der Waals surface area contributed by atoms with Gasteiger partial charge >= 0.3 is 11.9 Å². The van der Waals surface area contributed by atoms with E-state index >= 15 is 0 Å². The second kappa shape index (κ2) is 26.5. The van der Waals surface area contributed by atoms with Crippen LogP contribution in [0.25, 0.3) is 43.1 Å². The molecular formula is C65H55Br2N9O13S. The molecule has 10 aromatic rings. The number of hydrogen-bond donors (Lipinski definition) is 2. The molecule has 90 heavy (non-hydrogen) atoms. The van der Waals surface area contributed by atoms with E-state index in [9.17, 15) is 46.8 Å². The second-order valence-electron chi connectivity index (χ2n) is 21.1. The minimum absolute atomic E-state index is 0.244. The number of nitrogens with zero attached hydrogens (tertiary/aromatic N) is 7. The molecule has 25 heteroatoms. The molecule has 8 aromatic carbocycles. The highest BCUT2D eigenvalue weighted by Crippen LogP contribution is 2.38. The molecule has 0 atom stereocenters. The van der Waals surface area contributed by atoms with Crippen LogP contribution >= 0.6 is 31.9 Å². The molecule has 6 heterocycles. The lowest BCUT2D eigenvalue weighted by Gasteiger charge is -2.24. The number of carbonyl (C=O) groups excluding carboxylic acids is 8. The van der Waals surface area contributed by atoms with Gasteiger partial charge in [0.1, 0.15) is 12.4 Å². The number of carbonyl (C=O) groups is 8. The Morgan fingerprint density at radius 3 is 1.27 bits per heavy atom. The Balaban J connectivity index is 0.000000130. The molecule has 6 amide bonds. The predicted octanol–water partition coefficient (Wildman–Crippen LogP) is 8.94. The van der Waals surface area contributed by atoms with E-state index in [-0.39, 0.29) is 35.4 Å². The highest BCUT2D eigenvalue weighted by molar-refractivity contribution is 9.11. The van der Waals surface area contributed by atoms with Crippen molar-refractivity contribution in [1.29, 1.82) is 0 Å². The Morgan fingerprint density at radius 2 is 0.867 bits per heavy atom. The van der Waals surface area contributed by atoms with Crippen LogP contribution in [0.1, 0.15) is 95.7 Å². The van der Waals surface area contributed by atoms with Gasteiger partial charge in [-0.1, -0.05) is 80.4 Å². The van der Waals surface area contributed by atoms with E-state index in [0.717, 1.165) is 102 Å². The topological polar surface area (TPSA) is 273 Å². The third-order valence-electron chi connectivity index (χ3n) is 15.2. The number of aryl methyl sites for hydroxylation is 3. The molecule has 0 saturated heterocycles. The predicted molar refractivity (Wildman–Crippen MR) is 340 cm³/mol. The molecule has 0 fully saturated rings. The number of halogens is 2. The third-order valence-corrected chi connectivity index (χ3v) is 16.8. The van der Waals surface area contributed by atoms with E-state index in [0.29, 0.717) is 56.1 Å². The van der Waals surface area contributed by atoms with Crippen LogP contribution < -0.4 is 20.5 Å². The maximum absolute atomic E-state index is 12.4. The summed E-state index contributed by atoms with van der Waals surface area (Å²) >= 11 is 6.83. The summed E-state index contributed by atoms with van der Waals surface area (Å²) in [6.07, 6.45) is 14.2. The Labute approximate surface area is 531 Å². The first kappa shape index (κ1) is 63.2. The van der Waals surface area contributed by atoms with Crippen molar-refractivity contribution in [3.63, 3.8) is 0 Å². The van der Waals surface area contributed by atoms with Crippen molar-refractivity contribution in [3.05, 3.63) is 212 Å². The van der Waals surface area contributed by atoms with Crippen molar-refractivity contribution in [2.75, 3.05) is 51.1 Å². The zero-order valence-corrected chi connectivity index (χ0v) is 52.8. The van der Waals surface area contributed by atoms with Gasteiger partial charge < -0.3 is 29.5 Å². The fourth-order valence-electron chi connectivity index (χ4n) is 10.9. The van der Waals surface area contributed by atoms with Crippen LogP contribution in [0.3, 0.4) is 0 Å². The number of ether oxygens (including phenoxy) is 1. The maximum atomic E-state index is 12.4. The monoisotopic (exact) mass is 1360 g/mol. The number of cyclic esters (lactones) is 2. The van der Waals surface area contributed by atoms with Gasteiger partial charge in [-0.05, 0) is 90.0 Å². The lowest BCUT2D eigenvalue weighted by Crippen LogP contribution is -2.36. The van der Waals surface area contributed by atoms with Crippen LogP contribution in [-0.2, 0) is 39.3 Å². The Hall–Kier alpha value is -9.79. The Morgan fingerprint density at radius 1 is 0.511 bits per heavy atom. The Kier molecular flexibility index (Phi) is 18.6. The van der Waals surface area contributed by atoms with E-state index in [4.69, 9.17) is 5.26 Å². The van der Waals surface area contributed by atoms with Gasteiger partial charge in [0.25, 0.3) is 45.6 Å². The van der Waals surface area contributed by atoms with E-state index in [2.05, 4.69) is 73.6 Å². The lowest BCUT2D eigenvalue weighted by molar-refractivity contribution is -0.671. The molecule has 0 saturated carbocycles. The van der Waals surface area contributed by atoms with Crippen molar-refractivity contribution in [3.8, 4) is 0 Å². The summed E-state index contributed by atoms with van der Waals surface area (Å²) in [5.74, 6) is -2.64. The molecule has 0 aliphatic carbocycles. The third kappa shape index (κ3) is 12.8. The summed E-state index contributed by atoms with van der Waals surface area (Å²) in [6.45, 7) is 3.41. The number of imide groups is 3. The number of rotatable bonds is 11.